The topological polar surface area (TPSA) is 41.5 Å². The van der Waals surface area contributed by atoms with Crippen molar-refractivity contribution in [1.82, 2.24) is 0 Å². The van der Waals surface area contributed by atoms with Crippen molar-refractivity contribution >= 4 is 28.8 Å². The van der Waals surface area contributed by atoms with Gasteiger partial charge in [-0.15, -0.1) is 0 Å². The smallest absolute Gasteiger partial charge is 0.202 e. The van der Waals surface area contributed by atoms with Gasteiger partial charge >= 0.3 is 0 Å². The summed E-state index contributed by atoms with van der Waals surface area (Å²) in [5.41, 5.74) is 3.46. The number of nitrogens with one attached hydrogen (secondary N) is 1. The van der Waals surface area contributed by atoms with Gasteiger partial charge in [-0.05, 0) is 12.1 Å². The fourth-order valence-electron chi connectivity index (χ4n) is 1.81. The van der Waals surface area contributed by atoms with Crippen LogP contribution >= 0.6 is 11.8 Å². The van der Waals surface area contributed by atoms with Crippen molar-refractivity contribution in [3.8, 4) is 0 Å². The highest BCUT2D eigenvalue weighted by molar-refractivity contribution is 8.14. The van der Waals surface area contributed by atoms with Gasteiger partial charge in [-0.25, -0.2) is 0 Å². The van der Waals surface area contributed by atoms with Crippen LogP contribution < -0.4 is 5.32 Å². The number of rotatable bonds is 0. The Balaban J connectivity index is 2.09. The summed E-state index contributed by atoms with van der Waals surface area (Å²) in [6.45, 7) is 0.533. The summed E-state index contributed by atoms with van der Waals surface area (Å²) in [6, 6.07) is 7.61. The number of aliphatic imine (C=N–C) groups is 1. The van der Waals surface area contributed by atoms with Gasteiger partial charge < -0.3 is 5.32 Å². The quantitative estimate of drug-likeness (QED) is 0.700. The molecule has 1 aromatic rings. The number of hydrogen-bond acceptors (Lipinski definition) is 4. The molecule has 0 aromatic heterocycles. The molecule has 2 aliphatic heterocycles. The minimum Gasteiger partial charge on any atom is -0.362 e. The third-order valence-electron chi connectivity index (χ3n) is 2.52. The molecule has 2 heterocycles. The number of nitrogens with zero attached hydrogens (tertiary/aromatic N) is 1. The summed E-state index contributed by atoms with van der Waals surface area (Å²) in [5, 5.41) is 3.25. The maximum absolute atomic E-state index is 12.1. The molecule has 1 aromatic carbocycles. The molecule has 0 amide bonds. The molecular weight excluding hydrogens is 196 g/mol. The van der Waals surface area contributed by atoms with E-state index in [0.717, 1.165) is 11.3 Å². The number of carbonyl (C=O) groups is 1. The zero-order valence-electron chi connectivity index (χ0n) is 7.36. The lowest BCUT2D eigenvalue weighted by Gasteiger charge is -2.19. The second-order valence-electron chi connectivity index (χ2n) is 3.39. The summed E-state index contributed by atoms with van der Waals surface area (Å²) >= 11 is 1.46. The van der Waals surface area contributed by atoms with Crippen molar-refractivity contribution in [3.05, 3.63) is 29.8 Å². The molecule has 4 heteroatoms. The van der Waals surface area contributed by atoms with E-state index in [1.54, 1.807) is 5.55 Å². The van der Waals surface area contributed by atoms with Crippen LogP contribution in [-0.2, 0) is 0 Å². The Labute approximate surface area is 85.6 Å². The number of fused-ring (bicyclic) bond motifs is 1. The van der Waals surface area contributed by atoms with Gasteiger partial charge in [0.25, 0.3) is 0 Å². The molecule has 3 nitrogen and oxygen atoms in total. The average molecular weight is 204 g/mol. The van der Waals surface area contributed by atoms with Crippen LogP contribution in [0.3, 0.4) is 0 Å². The van der Waals surface area contributed by atoms with E-state index in [1.807, 2.05) is 24.3 Å². The first-order chi connectivity index (χ1) is 6.82. The molecule has 70 valence electrons. The van der Waals surface area contributed by atoms with Gasteiger partial charge in [0.05, 0.1) is 12.1 Å². The van der Waals surface area contributed by atoms with Crippen LogP contribution in [-0.4, -0.2) is 22.7 Å². The van der Waals surface area contributed by atoms with Crippen molar-refractivity contribution < 1.29 is 4.79 Å². The van der Waals surface area contributed by atoms with Crippen molar-refractivity contribution in [1.29, 1.82) is 0 Å². The number of Topliss-reactive ketones (excluding diaryl/α,β-unsaturated/α-hetero) is 1. The first-order valence-corrected chi connectivity index (χ1v) is 5.28. The van der Waals surface area contributed by atoms with Gasteiger partial charge in [0, 0.05) is 11.3 Å². The fourth-order valence-corrected chi connectivity index (χ4v) is 2.67. The van der Waals surface area contributed by atoms with Crippen molar-refractivity contribution in [3.63, 3.8) is 0 Å². The Kier molecular flexibility index (Phi) is 1.50. The second-order valence-corrected chi connectivity index (χ2v) is 4.53. The molecule has 1 spiro atoms. The molecule has 0 radical (unpaired) electrons. The maximum Gasteiger partial charge on any atom is 0.202 e. The maximum atomic E-state index is 12.1. The van der Waals surface area contributed by atoms with Crippen LogP contribution in [0.4, 0.5) is 5.69 Å². The largest absolute Gasteiger partial charge is 0.362 e. The normalized spacial score (nSPS) is 28.1. The van der Waals surface area contributed by atoms with Crippen LogP contribution in [0.5, 0.6) is 0 Å². The predicted octanol–water partition coefficient (Wildman–Crippen LogP) is 1.77. The zero-order chi connectivity index (χ0) is 9.60. The lowest BCUT2D eigenvalue weighted by molar-refractivity contribution is 0.0970. The van der Waals surface area contributed by atoms with E-state index < -0.39 is 4.87 Å². The Hall–Kier alpha value is -1.29. The Bertz CT molecular complexity index is 434. The monoisotopic (exact) mass is 204 g/mol. The molecule has 1 N–H and O–H groups in total. The average Bonchev–Trinajstić information content (AvgIpc) is 2.77. The molecule has 2 aliphatic rings. The molecule has 0 saturated heterocycles. The number of thioether (sulfide) groups is 1. The number of ketones is 1. The summed E-state index contributed by atoms with van der Waals surface area (Å²) in [6.07, 6.45) is 0. The van der Waals surface area contributed by atoms with Crippen LogP contribution in [0, 0.1) is 0 Å². The molecule has 0 bridgehead atoms. The lowest BCUT2D eigenvalue weighted by Crippen LogP contribution is -2.38. The number of para-hydroxylation sites is 1. The third-order valence-corrected chi connectivity index (χ3v) is 3.59. The molecule has 1 atom stereocenters. The van der Waals surface area contributed by atoms with Crippen LogP contribution in [0.15, 0.2) is 29.3 Å². The van der Waals surface area contributed by atoms with E-state index >= 15 is 0 Å². The standard InChI is InChI=1S/C10H8N2OS/c13-9-7-3-1-2-4-8(7)12-10(9)5-11-6-14-10/h1-4,6,12H,5H2. The van der Waals surface area contributed by atoms with Gasteiger partial charge in [-0.3, -0.25) is 9.79 Å². The van der Waals surface area contributed by atoms with E-state index in [4.69, 9.17) is 0 Å². The van der Waals surface area contributed by atoms with E-state index in [0.29, 0.717) is 6.54 Å². The zero-order valence-corrected chi connectivity index (χ0v) is 8.17. The summed E-state index contributed by atoms with van der Waals surface area (Å²) in [7, 11) is 0. The molecule has 0 aliphatic carbocycles. The molecule has 1 unspecified atom stereocenters. The van der Waals surface area contributed by atoms with Gasteiger partial charge in [0.15, 0.2) is 4.87 Å². The van der Waals surface area contributed by atoms with Crippen LogP contribution in [0.25, 0.3) is 0 Å². The first kappa shape index (κ1) is 8.05. The highest BCUT2D eigenvalue weighted by Crippen LogP contribution is 2.41. The number of anilines is 1. The van der Waals surface area contributed by atoms with Crippen molar-refractivity contribution in [2.45, 2.75) is 4.87 Å². The third kappa shape index (κ3) is 0.889. The van der Waals surface area contributed by atoms with Crippen LogP contribution in [0.2, 0.25) is 0 Å². The Morgan fingerprint density at radius 3 is 3.00 bits per heavy atom. The second kappa shape index (κ2) is 2.60. The summed E-state index contributed by atoms with van der Waals surface area (Å²) in [5.74, 6) is 0.149. The van der Waals surface area contributed by atoms with E-state index in [1.165, 1.54) is 11.8 Å². The van der Waals surface area contributed by atoms with Gasteiger partial charge in [-0.2, -0.15) is 0 Å². The van der Waals surface area contributed by atoms with Crippen molar-refractivity contribution in [2.24, 2.45) is 4.99 Å². The van der Waals surface area contributed by atoms with Gasteiger partial charge in [0.1, 0.15) is 0 Å². The Morgan fingerprint density at radius 2 is 2.29 bits per heavy atom. The fraction of sp³-hybridized carbons (Fsp3) is 0.200. The molecule has 0 fully saturated rings. The minimum atomic E-state index is -0.538. The first-order valence-electron chi connectivity index (χ1n) is 4.40. The Morgan fingerprint density at radius 1 is 1.43 bits per heavy atom. The molecule has 14 heavy (non-hydrogen) atoms. The highest BCUT2D eigenvalue weighted by atomic mass is 32.2. The highest BCUT2D eigenvalue weighted by Gasteiger charge is 2.47. The molecular formula is C10H8N2OS. The van der Waals surface area contributed by atoms with Crippen molar-refractivity contribution in [2.75, 3.05) is 11.9 Å². The van der Waals surface area contributed by atoms with E-state index in [9.17, 15) is 4.79 Å². The van der Waals surface area contributed by atoms with Crippen LogP contribution in [0.1, 0.15) is 10.4 Å². The summed E-state index contributed by atoms with van der Waals surface area (Å²) < 4.78 is 0. The van der Waals surface area contributed by atoms with Gasteiger partial charge in [0.2, 0.25) is 5.78 Å². The molecule has 0 saturated carbocycles. The molecule has 3 rings (SSSR count). The van der Waals surface area contributed by atoms with Gasteiger partial charge in [-0.1, -0.05) is 23.9 Å². The van der Waals surface area contributed by atoms with E-state index in [-0.39, 0.29) is 5.78 Å². The minimum absolute atomic E-state index is 0.149. The SMILES string of the molecule is O=C1c2ccccc2NC12CN=CS2. The lowest BCUT2D eigenvalue weighted by atomic mass is 10.1. The van der Waals surface area contributed by atoms with E-state index in [2.05, 4.69) is 10.3 Å². The predicted molar refractivity (Wildman–Crippen MR) is 58.1 cm³/mol. The summed E-state index contributed by atoms with van der Waals surface area (Å²) in [4.78, 5) is 15.6. The number of benzene rings is 1. The number of carbonyl (C=O) groups excluding carboxylic acids is 1. The number of hydrogen-bond donors (Lipinski definition) is 1.